The predicted molar refractivity (Wildman–Crippen MR) is 112 cm³/mol. The third kappa shape index (κ3) is 4.16. The zero-order valence-electron chi connectivity index (χ0n) is 16.8. The molecule has 11 heteroatoms. The number of anilines is 1. The van der Waals surface area contributed by atoms with Crippen LogP contribution in [0.4, 0.5) is 5.82 Å². The fourth-order valence-corrected chi connectivity index (χ4v) is 3.49. The molecule has 0 radical (unpaired) electrons. The van der Waals surface area contributed by atoms with Gasteiger partial charge in [-0.05, 0) is 17.7 Å². The van der Waals surface area contributed by atoms with Crippen molar-refractivity contribution in [3.05, 3.63) is 42.5 Å². The molecule has 1 aliphatic rings. The molecule has 31 heavy (non-hydrogen) atoms. The minimum absolute atomic E-state index is 0.0816. The van der Waals surface area contributed by atoms with Gasteiger partial charge in [-0.15, -0.1) is 0 Å². The zero-order valence-corrected chi connectivity index (χ0v) is 16.8. The standard InChI is InChI=1S/C20H24N6O5/c1-30-13-7-11(4-5-12(13)27)3-2-6-22-8-14-16(28)17(29)20(31-14)26-10-25-15-18(21)23-9-24-19(15)26/h2-5,7,9-10,14,16-17,20,22,27-29H,6,8H2,1H3,(H2,21,23,24)/b3-2+/t14-,16-,17-,20-/m1/s1. The lowest BCUT2D eigenvalue weighted by atomic mass is 10.1. The largest absolute Gasteiger partial charge is 0.504 e. The Labute approximate surface area is 177 Å². The van der Waals surface area contributed by atoms with Crippen LogP contribution in [0.2, 0.25) is 0 Å². The lowest BCUT2D eigenvalue weighted by Crippen LogP contribution is -2.37. The number of hydrogen-bond acceptors (Lipinski definition) is 10. The van der Waals surface area contributed by atoms with Crippen LogP contribution in [0.25, 0.3) is 17.2 Å². The van der Waals surface area contributed by atoms with Gasteiger partial charge in [-0.25, -0.2) is 15.0 Å². The SMILES string of the molecule is COc1cc(/C=C/CNC[C@H]2O[C@@H](n3cnc4c(N)ncnc43)[C@H](O)[C@@H]2O)ccc1O. The number of hydrogen-bond donors (Lipinski definition) is 5. The quantitative estimate of drug-likeness (QED) is 0.325. The summed E-state index contributed by atoms with van der Waals surface area (Å²) in [7, 11) is 1.49. The van der Waals surface area contributed by atoms with E-state index in [0.717, 1.165) is 5.56 Å². The number of nitrogens with one attached hydrogen (secondary N) is 1. The van der Waals surface area contributed by atoms with Crippen molar-refractivity contribution in [3.63, 3.8) is 0 Å². The van der Waals surface area contributed by atoms with Crippen LogP contribution in [0.1, 0.15) is 11.8 Å². The number of aliphatic hydroxyl groups excluding tert-OH is 2. The second-order valence-electron chi connectivity index (χ2n) is 7.12. The Hall–Kier alpha value is -3.25. The van der Waals surface area contributed by atoms with Gasteiger partial charge in [-0.3, -0.25) is 4.57 Å². The van der Waals surface area contributed by atoms with E-state index in [1.54, 1.807) is 22.8 Å². The molecule has 1 aliphatic heterocycles. The van der Waals surface area contributed by atoms with E-state index in [1.807, 2.05) is 12.2 Å². The van der Waals surface area contributed by atoms with Gasteiger partial charge in [-0.1, -0.05) is 18.2 Å². The Balaban J connectivity index is 1.35. The Kier molecular flexibility index (Phi) is 6.00. The normalized spacial score (nSPS) is 23.7. The van der Waals surface area contributed by atoms with Crippen LogP contribution in [0.3, 0.4) is 0 Å². The monoisotopic (exact) mass is 428 g/mol. The summed E-state index contributed by atoms with van der Waals surface area (Å²) in [5.41, 5.74) is 7.50. The minimum Gasteiger partial charge on any atom is -0.504 e. The third-order valence-electron chi connectivity index (χ3n) is 5.12. The van der Waals surface area contributed by atoms with Gasteiger partial charge in [0.25, 0.3) is 0 Å². The molecule has 0 unspecified atom stereocenters. The average molecular weight is 428 g/mol. The number of methoxy groups -OCH3 is 1. The molecule has 6 N–H and O–H groups in total. The fourth-order valence-electron chi connectivity index (χ4n) is 3.49. The van der Waals surface area contributed by atoms with Gasteiger partial charge in [0, 0.05) is 13.1 Å². The number of nitrogens with zero attached hydrogens (tertiary/aromatic N) is 4. The molecule has 3 heterocycles. The molecule has 0 spiro atoms. The third-order valence-corrected chi connectivity index (χ3v) is 5.12. The highest BCUT2D eigenvalue weighted by Gasteiger charge is 2.44. The van der Waals surface area contributed by atoms with Crippen LogP contribution in [0.5, 0.6) is 11.5 Å². The van der Waals surface area contributed by atoms with E-state index >= 15 is 0 Å². The average Bonchev–Trinajstić information content (AvgIpc) is 3.32. The van der Waals surface area contributed by atoms with Crippen molar-refractivity contribution >= 4 is 23.1 Å². The van der Waals surface area contributed by atoms with Gasteiger partial charge in [0.05, 0.1) is 13.4 Å². The van der Waals surface area contributed by atoms with Crippen molar-refractivity contribution in [2.75, 3.05) is 25.9 Å². The summed E-state index contributed by atoms with van der Waals surface area (Å²) in [6.07, 6.45) is 2.83. The second-order valence-corrected chi connectivity index (χ2v) is 7.12. The molecule has 2 aromatic heterocycles. The number of nitrogens with two attached hydrogens (primary N) is 1. The van der Waals surface area contributed by atoms with Gasteiger partial charge < -0.3 is 35.8 Å². The Morgan fingerprint density at radius 1 is 1.26 bits per heavy atom. The number of phenolic OH excluding ortho intramolecular Hbond substituents is 1. The van der Waals surface area contributed by atoms with Crippen LogP contribution < -0.4 is 15.8 Å². The van der Waals surface area contributed by atoms with Crippen molar-refractivity contribution in [2.24, 2.45) is 0 Å². The number of fused-ring (bicyclic) bond motifs is 1. The first-order valence-electron chi connectivity index (χ1n) is 9.68. The maximum atomic E-state index is 10.5. The first kappa shape index (κ1) is 21.0. The predicted octanol–water partition coefficient (Wildman–Crippen LogP) is 0.0449. The van der Waals surface area contributed by atoms with E-state index < -0.39 is 24.5 Å². The summed E-state index contributed by atoms with van der Waals surface area (Å²) >= 11 is 0. The molecule has 164 valence electrons. The van der Waals surface area contributed by atoms with E-state index in [0.29, 0.717) is 30.0 Å². The van der Waals surface area contributed by atoms with Gasteiger partial charge in [0.2, 0.25) is 0 Å². The molecule has 3 aromatic rings. The summed E-state index contributed by atoms with van der Waals surface area (Å²) in [5, 5.41) is 33.7. The van der Waals surface area contributed by atoms with Crippen molar-refractivity contribution in [1.82, 2.24) is 24.8 Å². The Morgan fingerprint density at radius 2 is 2.10 bits per heavy atom. The molecule has 0 aliphatic carbocycles. The molecular weight excluding hydrogens is 404 g/mol. The molecule has 11 nitrogen and oxygen atoms in total. The van der Waals surface area contributed by atoms with E-state index in [9.17, 15) is 15.3 Å². The van der Waals surface area contributed by atoms with Crippen LogP contribution in [-0.2, 0) is 4.74 Å². The highest BCUT2D eigenvalue weighted by molar-refractivity contribution is 5.81. The lowest BCUT2D eigenvalue weighted by Gasteiger charge is -2.16. The molecular formula is C20H24N6O5. The van der Waals surface area contributed by atoms with Crippen LogP contribution in [0.15, 0.2) is 36.9 Å². The molecule has 1 saturated heterocycles. The van der Waals surface area contributed by atoms with Crippen LogP contribution >= 0.6 is 0 Å². The number of rotatable bonds is 7. The number of aromatic nitrogens is 4. The van der Waals surface area contributed by atoms with Gasteiger partial charge in [0.1, 0.15) is 30.2 Å². The topological polar surface area (TPSA) is 161 Å². The molecule has 0 bridgehead atoms. The van der Waals surface area contributed by atoms with Crippen molar-refractivity contribution in [3.8, 4) is 11.5 Å². The summed E-state index contributed by atoms with van der Waals surface area (Å²) in [6, 6.07) is 5.06. The van der Waals surface area contributed by atoms with E-state index in [-0.39, 0.29) is 11.6 Å². The number of aliphatic hydroxyl groups is 2. The summed E-state index contributed by atoms with van der Waals surface area (Å²) in [6.45, 7) is 0.829. The van der Waals surface area contributed by atoms with Crippen LogP contribution in [0, 0.1) is 0 Å². The van der Waals surface area contributed by atoms with E-state index in [2.05, 4.69) is 20.3 Å². The number of imidazole rings is 1. The van der Waals surface area contributed by atoms with Crippen molar-refractivity contribution < 1.29 is 24.8 Å². The lowest BCUT2D eigenvalue weighted by molar-refractivity contribution is -0.0339. The van der Waals surface area contributed by atoms with Gasteiger partial charge in [0.15, 0.2) is 29.2 Å². The van der Waals surface area contributed by atoms with E-state index in [4.69, 9.17) is 15.2 Å². The minimum atomic E-state index is -1.15. The Bertz CT molecular complexity index is 1090. The first-order chi connectivity index (χ1) is 15.0. The first-order valence-corrected chi connectivity index (χ1v) is 9.68. The summed E-state index contributed by atoms with van der Waals surface area (Å²) in [4.78, 5) is 12.2. The summed E-state index contributed by atoms with van der Waals surface area (Å²) in [5.74, 6) is 0.711. The molecule has 4 atom stereocenters. The fraction of sp³-hybridized carbons (Fsp3) is 0.350. The van der Waals surface area contributed by atoms with Gasteiger partial charge >= 0.3 is 0 Å². The second kappa shape index (κ2) is 8.86. The number of benzene rings is 1. The smallest absolute Gasteiger partial charge is 0.167 e. The van der Waals surface area contributed by atoms with Gasteiger partial charge in [-0.2, -0.15) is 0 Å². The van der Waals surface area contributed by atoms with E-state index in [1.165, 1.54) is 19.8 Å². The molecule has 1 fully saturated rings. The molecule has 0 saturated carbocycles. The van der Waals surface area contributed by atoms with Crippen molar-refractivity contribution in [2.45, 2.75) is 24.5 Å². The number of nitrogen functional groups attached to an aromatic ring is 1. The maximum absolute atomic E-state index is 10.5. The van der Waals surface area contributed by atoms with Crippen LogP contribution in [-0.4, -0.2) is 73.3 Å². The number of phenols is 1. The Morgan fingerprint density at radius 3 is 2.90 bits per heavy atom. The zero-order chi connectivity index (χ0) is 22.0. The summed E-state index contributed by atoms with van der Waals surface area (Å²) < 4.78 is 12.5. The highest BCUT2D eigenvalue weighted by atomic mass is 16.6. The number of aromatic hydroxyl groups is 1. The van der Waals surface area contributed by atoms with Crippen molar-refractivity contribution in [1.29, 1.82) is 0 Å². The molecule has 4 rings (SSSR count). The maximum Gasteiger partial charge on any atom is 0.167 e. The number of ether oxygens (including phenoxy) is 2. The molecule has 0 amide bonds. The highest BCUT2D eigenvalue weighted by Crippen LogP contribution is 2.31. The molecule has 1 aromatic carbocycles.